The zero-order valence-corrected chi connectivity index (χ0v) is 32.1. The van der Waals surface area contributed by atoms with Crippen LogP contribution < -0.4 is 25.6 Å². The van der Waals surface area contributed by atoms with Crippen LogP contribution in [0.2, 0.25) is 0 Å². The molecule has 0 saturated carbocycles. The van der Waals surface area contributed by atoms with E-state index in [1.807, 2.05) is 74.5 Å². The van der Waals surface area contributed by atoms with Crippen LogP contribution in [0.5, 0.6) is 0 Å². The third kappa shape index (κ3) is 13.0. The molecule has 0 unspecified atom stereocenters. The standard InChI is InChI=1S/C39H51N7O6S/c1-7-41-38(49)35(27(2)3)44-36(47)28(4)42-25-33(21-29-15-10-8-11-16-29)43-37(48)31-22-32(24-34(23-31)45(5)53(6,51)52)39(50)46(20-14-19-40)26-30-17-12-9-13-18-30/h8-13,15-18,22-24,27-28,33,35,42H,7,14,20-21,25-26H2,1-6H3,(H,41,49)(H,43,48)(H,44,47)/t28-,33-,35-/m0/s1. The van der Waals surface area contributed by atoms with Gasteiger partial charge in [-0.2, -0.15) is 5.26 Å². The maximum absolute atomic E-state index is 14.0. The third-order valence-corrected chi connectivity index (χ3v) is 9.81. The lowest BCUT2D eigenvalue weighted by atomic mass is 10.0. The van der Waals surface area contributed by atoms with Crippen molar-refractivity contribution in [1.82, 2.24) is 26.2 Å². The Balaban J connectivity index is 1.93. The summed E-state index contributed by atoms with van der Waals surface area (Å²) in [6.45, 7) is 8.08. The molecule has 0 saturated heterocycles. The molecule has 0 aliphatic carbocycles. The monoisotopic (exact) mass is 745 g/mol. The molecule has 0 fully saturated rings. The van der Waals surface area contributed by atoms with Crippen molar-refractivity contribution in [3.8, 4) is 6.07 Å². The Morgan fingerprint density at radius 1 is 0.849 bits per heavy atom. The number of hydrogen-bond acceptors (Lipinski definition) is 8. The minimum atomic E-state index is -3.78. The molecule has 0 spiro atoms. The predicted octanol–water partition coefficient (Wildman–Crippen LogP) is 3.23. The van der Waals surface area contributed by atoms with E-state index in [1.54, 1.807) is 13.8 Å². The van der Waals surface area contributed by atoms with E-state index in [1.165, 1.54) is 30.1 Å². The number of anilines is 1. The van der Waals surface area contributed by atoms with Crippen LogP contribution in [0.4, 0.5) is 5.69 Å². The molecule has 3 aromatic carbocycles. The Hall–Kier alpha value is -5.26. The zero-order valence-electron chi connectivity index (χ0n) is 31.3. The zero-order chi connectivity index (χ0) is 39.1. The van der Waals surface area contributed by atoms with Gasteiger partial charge in [0.1, 0.15) is 6.04 Å². The van der Waals surface area contributed by atoms with Crippen molar-refractivity contribution in [3.05, 3.63) is 101 Å². The van der Waals surface area contributed by atoms with E-state index < -0.39 is 40.0 Å². The number of nitriles is 1. The summed E-state index contributed by atoms with van der Waals surface area (Å²) >= 11 is 0. The molecule has 0 aromatic heterocycles. The van der Waals surface area contributed by atoms with Gasteiger partial charge in [-0.1, -0.05) is 74.5 Å². The van der Waals surface area contributed by atoms with Crippen LogP contribution >= 0.6 is 0 Å². The Morgan fingerprint density at radius 2 is 1.45 bits per heavy atom. The number of benzene rings is 3. The number of hydrogen-bond donors (Lipinski definition) is 4. The quantitative estimate of drug-likeness (QED) is 0.144. The van der Waals surface area contributed by atoms with Gasteiger partial charge in [-0.05, 0) is 55.5 Å². The number of likely N-dealkylation sites (N-methyl/N-ethyl adjacent to an activating group) is 1. The summed E-state index contributed by atoms with van der Waals surface area (Å²) in [5, 5.41) is 21.1. The highest BCUT2D eigenvalue weighted by Gasteiger charge is 2.27. The van der Waals surface area contributed by atoms with E-state index >= 15 is 0 Å². The summed E-state index contributed by atoms with van der Waals surface area (Å²) in [5.41, 5.74) is 1.99. The summed E-state index contributed by atoms with van der Waals surface area (Å²) in [7, 11) is -2.44. The van der Waals surface area contributed by atoms with Crippen molar-refractivity contribution in [2.75, 3.05) is 37.2 Å². The van der Waals surface area contributed by atoms with Crippen molar-refractivity contribution in [2.45, 2.75) is 65.2 Å². The van der Waals surface area contributed by atoms with Gasteiger partial charge >= 0.3 is 0 Å². The summed E-state index contributed by atoms with van der Waals surface area (Å²) in [5.74, 6) is -1.83. The fourth-order valence-electron chi connectivity index (χ4n) is 5.51. The van der Waals surface area contributed by atoms with Gasteiger partial charge in [0.15, 0.2) is 0 Å². The van der Waals surface area contributed by atoms with Crippen LogP contribution in [0.3, 0.4) is 0 Å². The minimum absolute atomic E-state index is 0.0480. The lowest BCUT2D eigenvalue weighted by Gasteiger charge is -2.26. The smallest absolute Gasteiger partial charge is 0.254 e. The van der Waals surface area contributed by atoms with Gasteiger partial charge in [-0.25, -0.2) is 8.42 Å². The van der Waals surface area contributed by atoms with Crippen molar-refractivity contribution in [2.24, 2.45) is 5.92 Å². The lowest BCUT2D eigenvalue weighted by Crippen LogP contribution is -2.55. The highest BCUT2D eigenvalue weighted by molar-refractivity contribution is 7.92. The molecule has 3 rings (SSSR count). The van der Waals surface area contributed by atoms with Gasteiger partial charge < -0.3 is 26.2 Å². The molecular weight excluding hydrogens is 695 g/mol. The second-order valence-electron chi connectivity index (χ2n) is 13.2. The average Bonchev–Trinajstić information content (AvgIpc) is 3.13. The number of carbonyl (C=O) groups excluding carboxylic acids is 4. The first-order chi connectivity index (χ1) is 25.1. The Kier molecular flexibility index (Phi) is 16.0. The van der Waals surface area contributed by atoms with Crippen molar-refractivity contribution >= 4 is 39.3 Å². The number of amides is 4. The summed E-state index contributed by atoms with van der Waals surface area (Å²) in [6, 6.07) is 23.0. The highest BCUT2D eigenvalue weighted by atomic mass is 32.2. The fraction of sp³-hybridized carbons (Fsp3) is 0.410. The molecule has 0 radical (unpaired) electrons. The second-order valence-corrected chi connectivity index (χ2v) is 15.2. The van der Waals surface area contributed by atoms with E-state index in [-0.39, 0.29) is 60.6 Å². The van der Waals surface area contributed by atoms with E-state index in [4.69, 9.17) is 0 Å². The number of nitrogens with one attached hydrogen (secondary N) is 4. The van der Waals surface area contributed by atoms with Crippen LogP contribution in [0, 0.1) is 17.2 Å². The lowest BCUT2D eigenvalue weighted by molar-refractivity contribution is -0.130. The summed E-state index contributed by atoms with van der Waals surface area (Å²) in [6.07, 6.45) is 1.48. The topological polar surface area (TPSA) is 181 Å². The molecule has 4 amide bonds. The Labute approximate surface area is 313 Å². The highest BCUT2D eigenvalue weighted by Crippen LogP contribution is 2.23. The number of sulfonamides is 1. The van der Waals surface area contributed by atoms with Crippen molar-refractivity contribution < 1.29 is 27.6 Å². The van der Waals surface area contributed by atoms with Gasteiger partial charge in [-0.15, -0.1) is 0 Å². The van der Waals surface area contributed by atoms with Crippen LogP contribution in [0.1, 0.15) is 66.0 Å². The van der Waals surface area contributed by atoms with Gasteiger partial charge in [0.25, 0.3) is 11.8 Å². The van der Waals surface area contributed by atoms with E-state index in [9.17, 15) is 32.9 Å². The summed E-state index contributed by atoms with van der Waals surface area (Å²) < 4.78 is 26.2. The molecule has 0 bridgehead atoms. The van der Waals surface area contributed by atoms with Gasteiger partial charge in [-0.3, -0.25) is 23.5 Å². The fourth-order valence-corrected chi connectivity index (χ4v) is 6.00. The molecule has 3 aromatic rings. The predicted molar refractivity (Wildman–Crippen MR) is 205 cm³/mol. The molecule has 0 aliphatic heterocycles. The number of rotatable bonds is 19. The third-order valence-electron chi connectivity index (χ3n) is 8.61. The maximum Gasteiger partial charge on any atom is 0.254 e. The SMILES string of the molecule is CCNC(=O)[C@@H](NC(=O)[C@H](C)NC[C@H](Cc1ccccc1)NC(=O)c1cc(C(=O)N(CCC#N)Cc2ccccc2)cc(N(C)S(C)(=O)=O)c1)C(C)C. The van der Waals surface area contributed by atoms with Gasteiger partial charge in [0.2, 0.25) is 21.8 Å². The van der Waals surface area contributed by atoms with E-state index in [2.05, 4.69) is 27.3 Å². The van der Waals surface area contributed by atoms with E-state index in [0.29, 0.717) is 13.0 Å². The molecular formula is C39H51N7O6S. The summed E-state index contributed by atoms with van der Waals surface area (Å²) in [4.78, 5) is 55.2. The molecule has 53 heavy (non-hydrogen) atoms. The van der Waals surface area contributed by atoms with Gasteiger partial charge in [0, 0.05) is 50.4 Å². The van der Waals surface area contributed by atoms with Crippen molar-refractivity contribution in [3.63, 3.8) is 0 Å². The first-order valence-electron chi connectivity index (χ1n) is 17.6. The first-order valence-corrected chi connectivity index (χ1v) is 19.4. The first kappa shape index (κ1) is 42.2. The maximum atomic E-state index is 14.0. The Morgan fingerprint density at radius 3 is 2.02 bits per heavy atom. The number of carbonyl (C=O) groups is 4. The molecule has 0 heterocycles. The number of nitrogens with zero attached hydrogens (tertiary/aromatic N) is 3. The average molecular weight is 746 g/mol. The second kappa shape index (κ2) is 20.1. The minimum Gasteiger partial charge on any atom is -0.355 e. The molecule has 284 valence electrons. The van der Waals surface area contributed by atoms with Crippen molar-refractivity contribution in [1.29, 1.82) is 5.26 Å². The van der Waals surface area contributed by atoms with Gasteiger partial charge in [0.05, 0.1) is 30.5 Å². The van der Waals surface area contributed by atoms with Crippen LogP contribution in [-0.2, 0) is 32.6 Å². The van der Waals surface area contributed by atoms with Crippen LogP contribution in [0.25, 0.3) is 0 Å². The Bertz CT molecular complexity index is 1850. The molecule has 3 atom stereocenters. The van der Waals surface area contributed by atoms with Crippen LogP contribution in [-0.4, -0.2) is 88.0 Å². The molecule has 14 heteroatoms. The normalized spacial score (nSPS) is 12.9. The van der Waals surface area contributed by atoms with E-state index in [0.717, 1.165) is 21.7 Å². The largest absolute Gasteiger partial charge is 0.355 e. The molecule has 0 aliphatic rings. The molecule has 4 N–H and O–H groups in total. The van der Waals surface area contributed by atoms with Crippen LogP contribution in [0.15, 0.2) is 78.9 Å². The molecule has 13 nitrogen and oxygen atoms in total.